The number of carbonyl (C=O) groups is 4. The quantitative estimate of drug-likeness (QED) is 0.260. The Balaban J connectivity index is 1.47. The van der Waals surface area contributed by atoms with Crippen molar-refractivity contribution in [2.45, 2.75) is 84.1 Å². The molecule has 1 fully saturated rings. The summed E-state index contributed by atoms with van der Waals surface area (Å²) in [6.07, 6.45) is -2.95. The molecule has 49 heavy (non-hydrogen) atoms. The molecular weight excluding hydrogens is 645 g/mol. The molecule has 3 atom stereocenters. The highest BCUT2D eigenvalue weighted by molar-refractivity contribution is 6.01. The number of ether oxygens (including phenoxy) is 1. The summed E-state index contributed by atoms with van der Waals surface area (Å²) >= 11 is 0. The first-order chi connectivity index (χ1) is 22.9. The molecule has 2 N–H and O–H groups in total. The number of aromatic nitrogens is 3. The molecule has 0 radical (unpaired) electrons. The van der Waals surface area contributed by atoms with Crippen LogP contribution in [0, 0.1) is 11.8 Å². The molecule has 3 aromatic rings. The maximum absolute atomic E-state index is 13.8. The van der Waals surface area contributed by atoms with Crippen molar-refractivity contribution >= 4 is 23.5 Å². The second kappa shape index (κ2) is 14.7. The average Bonchev–Trinajstić information content (AvgIpc) is 3.76. The summed E-state index contributed by atoms with van der Waals surface area (Å²) in [5.74, 6) is -2.66. The zero-order valence-electron chi connectivity index (χ0n) is 28.4. The zero-order chi connectivity index (χ0) is 36.3. The molecule has 264 valence electrons. The van der Waals surface area contributed by atoms with Crippen molar-refractivity contribution in [1.82, 2.24) is 30.7 Å². The highest BCUT2D eigenvalue weighted by atomic mass is 19.4. The van der Waals surface area contributed by atoms with E-state index in [1.807, 2.05) is 0 Å². The van der Waals surface area contributed by atoms with Gasteiger partial charge in [0.1, 0.15) is 17.8 Å². The predicted octanol–water partition coefficient (Wildman–Crippen LogP) is 4.59. The van der Waals surface area contributed by atoms with Crippen LogP contribution >= 0.6 is 0 Å². The minimum absolute atomic E-state index is 0.0547. The van der Waals surface area contributed by atoms with Crippen molar-refractivity contribution in [3.05, 3.63) is 71.2 Å². The van der Waals surface area contributed by atoms with Gasteiger partial charge >= 0.3 is 6.18 Å². The highest BCUT2D eigenvalue weighted by Gasteiger charge is 2.41. The molecule has 1 saturated heterocycles. The van der Waals surface area contributed by atoms with E-state index in [-0.39, 0.29) is 17.5 Å². The summed E-state index contributed by atoms with van der Waals surface area (Å²) < 4.78 is 49.9. The zero-order valence-corrected chi connectivity index (χ0v) is 28.4. The standard InChI is InChI=1S/C34H41F3N6O6/c1-18(2)25(27(44)30-41-42-32(49-30)33(5,6)24-15-12-21(17-38-24)34(35,36)37)39-29(46)23-9-8-16-43(23)31(47)26(19(3)4)40-28(45)20-10-13-22(48-7)14-11-20/h10-15,17-19,23,25-26H,8-9,16H2,1-7H3,(H,39,46)(H,40,45)/t23-,25+,26-/m0/s1. The first kappa shape index (κ1) is 37.0. The molecule has 0 spiro atoms. The minimum atomic E-state index is -4.55. The van der Waals surface area contributed by atoms with Crippen LogP contribution in [0.25, 0.3) is 0 Å². The van der Waals surface area contributed by atoms with Gasteiger partial charge in [-0.05, 0) is 74.9 Å². The normalized spacial score (nSPS) is 16.4. The minimum Gasteiger partial charge on any atom is -0.497 e. The SMILES string of the molecule is COc1ccc(C(=O)N[C@H](C(=O)N2CCC[C@H]2C(=O)N[C@@H](C(=O)c2nnc(C(C)(C)c3ccc(C(F)(F)F)cn3)o2)C(C)C)C(C)C)cc1. The van der Waals surface area contributed by atoms with E-state index in [1.165, 1.54) is 18.1 Å². The first-order valence-corrected chi connectivity index (χ1v) is 15.9. The summed E-state index contributed by atoms with van der Waals surface area (Å²) in [6, 6.07) is 5.66. The number of Topliss-reactive ketones (excluding diaryl/α,β-unsaturated/α-hetero) is 1. The maximum atomic E-state index is 13.8. The molecule has 0 unspecified atom stereocenters. The van der Waals surface area contributed by atoms with Crippen LogP contribution in [0.4, 0.5) is 13.2 Å². The van der Waals surface area contributed by atoms with E-state index in [9.17, 15) is 32.3 Å². The lowest BCUT2D eigenvalue weighted by Crippen LogP contribution is -2.57. The molecule has 1 aliphatic rings. The Hall–Kier alpha value is -4.82. The topological polar surface area (TPSA) is 157 Å². The monoisotopic (exact) mass is 686 g/mol. The lowest BCUT2D eigenvalue weighted by Gasteiger charge is -2.31. The van der Waals surface area contributed by atoms with Gasteiger partial charge in [0, 0.05) is 18.3 Å². The summed E-state index contributed by atoms with van der Waals surface area (Å²) in [6.45, 7) is 10.5. The number of rotatable bonds is 12. The smallest absolute Gasteiger partial charge is 0.417 e. The van der Waals surface area contributed by atoms with E-state index in [0.717, 1.165) is 6.07 Å². The number of amides is 3. The van der Waals surface area contributed by atoms with Crippen LogP contribution in [-0.4, -0.2) is 75.4 Å². The van der Waals surface area contributed by atoms with Gasteiger partial charge < -0.3 is 24.7 Å². The molecule has 3 amide bonds. The first-order valence-electron chi connectivity index (χ1n) is 15.9. The predicted molar refractivity (Wildman–Crippen MR) is 171 cm³/mol. The van der Waals surface area contributed by atoms with Gasteiger partial charge in [-0.25, -0.2) is 0 Å². The molecule has 0 aliphatic carbocycles. The fourth-order valence-corrected chi connectivity index (χ4v) is 5.50. The van der Waals surface area contributed by atoms with Gasteiger partial charge in [-0.15, -0.1) is 10.2 Å². The number of hydrogen-bond donors (Lipinski definition) is 2. The van der Waals surface area contributed by atoms with E-state index < -0.39 is 70.6 Å². The molecule has 2 aromatic heterocycles. The van der Waals surface area contributed by atoms with E-state index >= 15 is 0 Å². The number of alkyl halides is 3. The van der Waals surface area contributed by atoms with Gasteiger partial charge in [-0.2, -0.15) is 13.2 Å². The molecule has 15 heteroatoms. The van der Waals surface area contributed by atoms with Crippen LogP contribution in [-0.2, 0) is 21.2 Å². The van der Waals surface area contributed by atoms with Gasteiger partial charge in [0.2, 0.25) is 23.5 Å². The number of hydrogen-bond acceptors (Lipinski definition) is 9. The molecule has 1 aliphatic heterocycles. The third-order valence-electron chi connectivity index (χ3n) is 8.56. The third kappa shape index (κ3) is 8.26. The fourth-order valence-electron chi connectivity index (χ4n) is 5.50. The average molecular weight is 687 g/mol. The molecule has 3 heterocycles. The summed E-state index contributed by atoms with van der Waals surface area (Å²) in [7, 11) is 1.51. The van der Waals surface area contributed by atoms with Crippen LogP contribution in [0.15, 0.2) is 47.0 Å². The van der Waals surface area contributed by atoms with Crippen molar-refractivity contribution in [2.24, 2.45) is 11.8 Å². The van der Waals surface area contributed by atoms with Crippen LogP contribution in [0.3, 0.4) is 0 Å². The van der Waals surface area contributed by atoms with Crippen LogP contribution < -0.4 is 15.4 Å². The molecule has 12 nitrogen and oxygen atoms in total. The van der Waals surface area contributed by atoms with Crippen LogP contribution in [0.5, 0.6) is 5.75 Å². The number of carbonyl (C=O) groups excluding carboxylic acids is 4. The Morgan fingerprint density at radius 3 is 2.14 bits per heavy atom. The number of nitrogens with zero attached hydrogens (tertiary/aromatic N) is 4. The van der Waals surface area contributed by atoms with Gasteiger partial charge in [0.25, 0.3) is 11.8 Å². The Labute approximate surface area is 282 Å². The van der Waals surface area contributed by atoms with Crippen LogP contribution in [0.2, 0.25) is 0 Å². The number of halogens is 3. The maximum Gasteiger partial charge on any atom is 0.417 e. The largest absolute Gasteiger partial charge is 0.497 e. The number of benzene rings is 1. The van der Waals surface area contributed by atoms with Gasteiger partial charge in [-0.3, -0.25) is 24.2 Å². The van der Waals surface area contributed by atoms with E-state index in [1.54, 1.807) is 65.8 Å². The lowest BCUT2D eigenvalue weighted by molar-refractivity contribution is -0.140. The van der Waals surface area contributed by atoms with Crippen LogP contribution in [0.1, 0.15) is 92.6 Å². The van der Waals surface area contributed by atoms with Crippen molar-refractivity contribution < 1.29 is 41.5 Å². The molecule has 0 bridgehead atoms. The number of pyridine rings is 1. The number of ketones is 1. The number of methoxy groups -OCH3 is 1. The molecule has 0 saturated carbocycles. The van der Waals surface area contributed by atoms with Gasteiger partial charge in [0.15, 0.2) is 0 Å². The Morgan fingerprint density at radius 2 is 1.59 bits per heavy atom. The highest BCUT2D eigenvalue weighted by Crippen LogP contribution is 2.33. The van der Waals surface area contributed by atoms with Crippen molar-refractivity contribution in [3.8, 4) is 5.75 Å². The van der Waals surface area contributed by atoms with E-state index in [2.05, 4.69) is 25.8 Å². The van der Waals surface area contributed by atoms with Crippen molar-refractivity contribution in [2.75, 3.05) is 13.7 Å². The second-order valence-corrected chi connectivity index (χ2v) is 13.2. The fraction of sp³-hybridized carbons (Fsp3) is 0.500. The summed E-state index contributed by atoms with van der Waals surface area (Å²) in [4.78, 5) is 59.4. The summed E-state index contributed by atoms with van der Waals surface area (Å²) in [5.41, 5.74) is -1.50. The van der Waals surface area contributed by atoms with Gasteiger partial charge in [-0.1, -0.05) is 27.7 Å². The Bertz CT molecular complexity index is 1650. The Morgan fingerprint density at radius 1 is 0.939 bits per heavy atom. The second-order valence-electron chi connectivity index (χ2n) is 13.2. The summed E-state index contributed by atoms with van der Waals surface area (Å²) in [5, 5.41) is 13.4. The number of nitrogens with one attached hydrogen (secondary N) is 2. The number of likely N-dealkylation sites (tertiary alicyclic amines) is 1. The van der Waals surface area contributed by atoms with E-state index in [4.69, 9.17) is 9.15 Å². The third-order valence-corrected chi connectivity index (χ3v) is 8.56. The van der Waals surface area contributed by atoms with E-state index in [0.29, 0.717) is 36.9 Å². The lowest BCUT2D eigenvalue weighted by atomic mass is 9.88. The Kier molecular flexibility index (Phi) is 11.1. The molecular formula is C34H41F3N6O6. The van der Waals surface area contributed by atoms with Gasteiger partial charge in [0.05, 0.1) is 29.8 Å². The van der Waals surface area contributed by atoms with Crippen molar-refractivity contribution in [1.29, 1.82) is 0 Å². The molecule has 4 rings (SSSR count). The molecule has 1 aromatic carbocycles. The van der Waals surface area contributed by atoms with Crippen molar-refractivity contribution in [3.63, 3.8) is 0 Å².